The third kappa shape index (κ3) is 3.75. The molecule has 0 N–H and O–H groups in total. The maximum Gasteiger partial charge on any atom is 0.435 e. The van der Waals surface area contributed by atoms with Gasteiger partial charge in [0, 0.05) is 5.56 Å². The van der Waals surface area contributed by atoms with Gasteiger partial charge in [-0.1, -0.05) is 18.2 Å². The Labute approximate surface area is 164 Å². The summed E-state index contributed by atoms with van der Waals surface area (Å²) < 4.78 is 56.5. The first-order chi connectivity index (χ1) is 13.8. The lowest BCUT2D eigenvalue weighted by molar-refractivity contribution is -0.114. The zero-order chi connectivity index (χ0) is 21.2. The Bertz CT molecular complexity index is 985. The molecule has 152 valence electrons. The topological polar surface area (TPSA) is 60.4 Å². The second-order valence-corrected chi connectivity index (χ2v) is 5.88. The van der Waals surface area contributed by atoms with Crippen molar-refractivity contribution in [2.75, 3.05) is 26.3 Å². The van der Waals surface area contributed by atoms with Gasteiger partial charge in [-0.25, -0.2) is 0 Å². The van der Waals surface area contributed by atoms with Gasteiger partial charge in [-0.15, -0.1) is 0 Å². The highest BCUT2D eigenvalue weighted by Gasteiger charge is 2.47. The second-order valence-electron chi connectivity index (χ2n) is 5.88. The molecule has 1 amide bonds. The average Bonchev–Trinajstić information content (AvgIpc) is 3.04. The molecular weight excluding hydrogens is 389 g/mol. The third-order valence-electron chi connectivity index (χ3n) is 4.18. The minimum absolute atomic E-state index is 0.131. The van der Waals surface area contributed by atoms with E-state index in [9.17, 15) is 18.0 Å². The Balaban J connectivity index is 2.15. The van der Waals surface area contributed by atoms with Crippen molar-refractivity contribution in [1.82, 2.24) is 0 Å². The molecule has 0 aliphatic carbocycles. The number of hydrogen-bond donors (Lipinski definition) is 0. The van der Waals surface area contributed by atoms with Crippen LogP contribution in [-0.2, 0) is 4.79 Å². The highest BCUT2D eigenvalue weighted by atomic mass is 19.4. The van der Waals surface area contributed by atoms with Crippen LogP contribution in [0.4, 0.5) is 18.9 Å². The van der Waals surface area contributed by atoms with Crippen molar-refractivity contribution in [3.63, 3.8) is 0 Å². The molecule has 2 aromatic rings. The van der Waals surface area contributed by atoms with E-state index in [0.29, 0.717) is 5.75 Å². The number of halogens is 3. The van der Waals surface area contributed by atoms with E-state index in [-0.39, 0.29) is 22.7 Å². The molecule has 2 aromatic carbocycles. The van der Waals surface area contributed by atoms with Gasteiger partial charge < -0.3 is 14.2 Å². The molecule has 0 fully saturated rings. The summed E-state index contributed by atoms with van der Waals surface area (Å²) in [4.78, 5) is 12.8. The third-order valence-corrected chi connectivity index (χ3v) is 4.18. The van der Waals surface area contributed by atoms with Crippen LogP contribution >= 0.6 is 0 Å². The molecule has 6 nitrogen and oxygen atoms in total. The fourth-order valence-corrected chi connectivity index (χ4v) is 2.89. The van der Waals surface area contributed by atoms with Crippen LogP contribution in [0, 0.1) is 0 Å². The van der Waals surface area contributed by atoms with Crippen LogP contribution in [0.3, 0.4) is 0 Å². The number of hydrazone groups is 1. The van der Waals surface area contributed by atoms with Crippen LogP contribution in [0.1, 0.15) is 5.56 Å². The summed E-state index contributed by atoms with van der Waals surface area (Å²) in [6.45, 7) is 0. The van der Waals surface area contributed by atoms with Crippen LogP contribution in [0.5, 0.6) is 17.2 Å². The molecule has 0 spiro atoms. The quantitative estimate of drug-likeness (QED) is 0.703. The van der Waals surface area contributed by atoms with Gasteiger partial charge in [-0.05, 0) is 30.3 Å². The van der Waals surface area contributed by atoms with Crippen LogP contribution in [0.15, 0.2) is 53.1 Å². The fraction of sp³-hybridized carbons (Fsp3) is 0.200. The summed E-state index contributed by atoms with van der Waals surface area (Å²) in [7, 11) is 4.13. The largest absolute Gasteiger partial charge is 0.493 e. The Kier molecular flexibility index (Phi) is 5.49. The molecule has 29 heavy (non-hydrogen) atoms. The first kappa shape index (κ1) is 20.2. The number of benzene rings is 2. The number of carbonyl (C=O) groups is 1. The maximum absolute atomic E-state index is 13.6. The number of carbonyl (C=O) groups excluding carboxylic acids is 1. The Hall–Kier alpha value is -3.49. The minimum Gasteiger partial charge on any atom is -0.493 e. The van der Waals surface area contributed by atoms with E-state index >= 15 is 0 Å². The van der Waals surface area contributed by atoms with E-state index in [4.69, 9.17) is 14.2 Å². The van der Waals surface area contributed by atoms with E-state index in [0.717, 1.165) is 11.1 Å². The van der Waals surface area contributed by atoms with Crippen molar-refractivity contribution in [1.29, 1.82) is 0 Å². The predicted octanol–water partition coefficient (Wildman–Crippen LogP) is 4.06. The number of methoxy groups -OCH3 is 3. The predicted molar refractivity (Wildman–Crippen MR) is 101 cm³/mol. The summed E-state index contributed by atoms with van der Waals surface area (Å²) in [5.74, 6) is -0.243. The SMILES string of the molecule is COc1ccc(/C=C2\C(=O)N(c3ccccc3)N=C2C(F)(F)F)c(OC)c1OC. The highest BCUT2D eigenvalue weighted by molar-refractivity contribution is 6.34. The van der Waals surface area contributed by atoms with Gasteiger partial charge in [0.2, 0.25) is 5.75 Å². The number of ether oxygens (including phenoxy) is 3. The normalized spacial score (nSPS) is 15.5. The number of alkyl halides is 3. The van der Waals surface area contributed by atoms with Crippen LogP contribution in [-0.4, -0.2) is 39.1 Å². The van der Waals surface area contributed by atoms with Crippen LogP contribution in [0.25, 0.3) is 6.08 Å². The number of rotatable bonds is 5. The molecule has 3 rings (SSSR count). The van der Waals surface area contributed by atoms with Gasteiger partial charge in [0.15, 0.2) is 17.2 Å². The molecule has 1 heterocycles. The molecule has 0 unspecified atom stereocenters. The van der Waals surface area contributed by atoms with Gasteiger partial charge >= 0.3 is 6.18 Å². The van der Waals surface area contributed by atoms with Crippen LogP contribution < -0.4 is 19.2 Å². The van der Waals surface area contributed by atoms with E-state index in [1.165, 1.54) is 45.6 Å². The molecule has 0 saturated heterocycles. The van der Waals surface area contributed by atoms with Crippen molar-refractivity contribution >= 4 is 23.4 Å². The summed E-state index contributed by atoms with van der Waals surface area (Å²) in [6.07, 6.45) is -3.74. The van der Waals surface area contributed by atoms with E-state index < -0.39 is 23.4 Å². The van der Waals surface area contributed by atoms with Crippen molar-refractivity contribution < 1.29 is 32.2 Å². The summed E-state index contributed by atoms with van der Waals surface area (Å²) in [6, 6.07) is 10.9. The molecular formula is C20H17F3N2O4. The Morgan fingerprint density at radius 2 is 1.59 bits per heavy atom. The number of para-hydroxylation sites is 1. The Morgan fingerprint density at radius 1 is 0.931 bits per heavy atom. The summed E-state index contributed by atoms with van der Waals surface area (Å²) >= 11 is 0. The summed E-state index contributed by atoms with van der Waals surface area (Å²) in [5, 5.41) is 4.25. The standard InChI is InChI=1S/C20H17F3N2O4/c1-27-15-10-9-12(16(28-2)17(15)29-3)11-14-18(20(21,22)23)24-25(19(14)26)13-7-5-4-6-8-13/h4-11H,1-3H3/b14-11-. The number of anilines is 1. The lowest BCUT2D eigenvalue weighted by Crippen LogP contribution is -2.25. The van der Waals surface area contributed by atoms with Crippen molar-refractivity contribution in [2.24, 2.45) is 5.10 Å². The molecule has 1 aliphatic heterocycles. The Morgan fingerprint density at radius 3 is 2.14 bits per heavy atom. The zero-order valence-electron chi connectivity index (χ0n) is 15.8. The molecule has 0 atom stereocenters. The van der Waals surface area contributed by atoms with Crippen LogP contribution in [0.2, 0.25) is 0 Å². The molecule has 9 heteroatoms. The van der Waals surface area contributed by atoms with E-state index in [2.05, 4.69) is 5.10 Å². The molecule has 0 aromatic heterocycles. The van der Waals surface area contributed by atoms with Gasteiger partial charge in [-0.3, -0.25) is 4.79 Å². The monoisotopic (exact) mass is 406 g/mol. The lowest BCUT2D eigenvalue weighted by atomic mass is 10.0. The summed E-state index contributed by atoms with van der Waals surface area (Å²) in [5.41, 5.74) is -1.46. The first-order valence-electron chi connectivity index (χ1n) is 8.38. The fourth-order valence-electron chi connectivity index (χ4n) is 2.89. The van der Waals surface area contributed by atoms with Crippen molar-refractivity contribution in [3.8, 4) is 17.2 Å². The van der Waals surface area contributed by atoms with Crippen molar-refractivity contribution in [3.05, 3.63) is 53.6 Å². The highest BCUT2D eigenvalue weighted by Crippen LogP contribution is 2.41. The van der Waals surface area contributed by atoms with E-state index in [1.807, 2.05) is 0 Å². The molecule has 1 aliphatic rings. The van der Waals surface area contributed by atoms with Crippen molar-refractivity contribution in [2.45, 2.75) is 6.18 Å². The lowest BCUT2D eigenvalue weighted by Gasteiger charge is -2.15. The second kappa shape index (κ2) is 7.86. The molecule has 0 saturated carbocycles. The first-order valence-corrected chi connectivity index (χ1v) is 8.38. The van der Waals surface area contributed by atoms with E-state index in [1.54, 1.807) is 18.2 Å². The van der Waals surface area contributed by atoms with Gasteiger partial charge in [0.1, 0.15) is 0 Å². The van der Waals surface area contributed by atoms with Gasteiger partial charge in [-0.2, -0.15) is 23.3 Å². The minimum atomic E-state index is -4.82. The smallest absolute Gasteiger partial charge is 0.435 e. The number of amides is 1. The van der Waals surface area contributed by atoms with Gasteiger partial charge in [0.05, 0.1) is 32.6 Å². The zero-order valence-corrected chi connectivity index (χ0v) is 15.8. The van der Waals surface area contributed by atoms with Gasteiger partial charge in [0.25, 0.3) is 5.91 Å². The molecule has 0 bridgehead atoms. The average molecular weight is 406 g/mol. The molecule has 0 radical (unpaired) electrons. The number of hydrogen-bond acceptors (Lipinski definition) is 5. The number of nitrogens with zero attached hydrogens (tertiary/aromatic N) is 2. The maximum atomic E-state index is 13.6.